The normalized spacial score (nSPS) is 17.3. The molecule has 0 aliphatic carbocycles. The lowest BCUT2D eigenvalue weighted by Gasteiger charge is -2.26. The molecule has 1 saturated heterocycles. The molecular weight excluding hydrogens is 168 g/mol. The fourth-order valence-corrected chi connectivity index (χ4v) is 1.14. The Morgan fingerprint density at radius 3 is 3.08 bits per heavy atom. The van der Waals surface area contributed by atoms with E-state index in [2.05, 4.69) is 15.6 Å². The van der Waals surface area contributed by atoms with Crippen molar-refractivity contribution < 1.29 is 4.74 Å². The van der Waals surface area contributed by atoms with Crippen LogP contribution in [-0.2, 0) is 17.9 Å². The van der Waals surface area contributed by atoms with E-state index in [4.69, 9.17) is 4.74 Å². The average Bonchev–Trinajstić information content (AvgIpc) is 2.49. The van der Waals surface area contributed by atoms with E-state index in [0.29, 0.717) is 12.7 Å². The average molecular weight is 182 g/mol. The standard InChI is InChI=1S/C8H14N4O/c1-2-12-5-7(10-11-12)6-13-8-3-9-4-8/h5,8-9H,2-4,6H2,1H3. The third-order valence-electron chi connectivity index (χ3n) is 2.12. The molecule has 0 unspecified atom stereocenters. The van der Waals surface area contributed by atoms with E-state index in [1.807, 2.05) is 13.1 Å². The fourth-order valence-electron chi connectivity index (χ4n) is 1.14. The van der Waals surface area contributed by atoms with Crippen molar-refractivity contribution in [3.05, 3.63) is 11.9 Å². The minimum absolute atomic E-state index is 0.367. The third-order valence-corrected chi connectivity index (χ3v) is 2.12. The van der Waals surface area contributed by atoms with Gasteiger partial charge in [-0.05, 0) is 6.92 Å². The van der Waals surface area contributed by atoms with Crippen LogP contribution in [0.15, 0.2) is 6.20 Å². The molecule has 2 heterocycles. The summed E-state index contributed by atoms with van der Waals surface area (Å²) in [6.07, 6.45) is 2.29. The van der Waals surface area contributed by atoms with Gasteiger partial charge in [0.2, 0.25) is 0 Å². The van der Waals surface area contributed by atoms with Crippen LogP contribution in [0.4, 0.5) is 0 Å². The molecule has 1 aromatic heterocycles. The Hall–Kier alpha value is -0.940. The summed E-state index contributed by atoms with van der Waals surface area (Å²) in [6, 6.07) is 0. The first kappa shape index (κ1) is 8.65. The first-order chi connectivity index (χ1) is 6.38. The summed E-state index contributed by atoms with van der Waals surface area (Å²) in [4.78, 5) is 0. The van der Waals surface area contributed by atoms with E-state index in [0.717, 1.165) is 25.3 Å². The highest BCUT2D eigenvalue weighted by molar-refractivity contribution is 4.90. The highest BCUT2D eigenvalue weighted by Gasteiger charge is 2.17. The molecule has 0 atom stereocenters. The first-order valence-electron chi connectivity index (χ1n) is 4.60. The molecule has 1 aromatic rings. The van der Waals surface area contributed by atoms with Gasteiger partial charge in [-0.1, -0.05) is 5.21 Å². The number of rotatable bonds is 4. The number of hydrogen-bond donors (Lipinski definition) is 1. The van der Waals surface area contributed by atoms with Gasteiger partial charge >= 0.3 is 0 Å². The van der Waals surface area contributed by atoms with Gasteiger partial charge in [-0.25, -0.2) is 0 Å². The van der Waals surface area contributed by atoms with Crippen molar-refractivity contribution in [3.8, 4) is 0 Å². The lowest BCUT2D eigenvalue weighted by molar-refractivity contribution is 0.00601. The SMILES string of the molecule is CCn1cc(COC2CNC2)nn1. The maximum absolute atomic E-state index is 5.54. The molecule has 1 fully saturated rings. The van der Waals surface area contributed by atoms with E-state index in [1.165, 1.54) is 0 Å². The molecule has 1 N–H and O–H groups in total. The van der Waals surface area contributed by atoms with Crippen LogP contribution < -0.4 is 5.32 Å². The molecule has 0 aromatic carbocycles. The molecule has 5 nitrogen and oxygen atoms in total. The van der Waals surface area contributed by atoms with E-state index >= 15 is 0 Å². The second-order valence-electron chi connectivity index (χ2n) is 3.16. The Balaban J connectivity index is 1.79. The van der Waals surface area contributed by atoms with Crippen LogP contribution in [-0.4, -0.2) is 34.2 Å². The summed E-state index contributed by atoms with van der Waals surface area (Å²) in [7, 11) is 0. The molecule has 13 heavy (non-hydrogen) atoms. The fraction of sp³-hybridized carbons (Fsp3) is 0.750. The lowest BCUT2D eigenvalue weighted by Crippen LogP contribution is -2.48. The summed E-state index contributed by atoms with van der Waals surface area (Å²) in [5, 5.41) is 11.1. The first-order valence-corrected chi connectivity index (χ1v) is 4.60. The predicted molar refractivity (Wildman–Crippen MR) is 47.1 cm³/mol. The van der Waals surface area contributed by atoms with Crippen molar-refractivity contribution in [2.24, 2.45) is 0 Å². The summed E-state index contributed by atoms with van der Waals surface area (Å²) in [5.74, 6) is 0. The van der Waals surface area contributed by atoms with Gasteiger partial charge in [0.25, 0.3) is 0 Å². The molecule has 0 bridgehead atoms. The molecule has 72 valence electrons. The Kier molecular flexibility index (Phi) is 2.56. The zero-order chi connectivity index (χ0) is 9.10. The van der Waals surface area contributed by atoms with Crippen LogP contribution in [0.25, 0.3) is 0 Å². The topological polar surface area (TPSA) is 52.0 Å². The molecule has 0 saturated carbocycles. The molecule has 0 radical (unpaired) electrons. The lowest BCUT2D eigenvalue weighted by atomic mass is 10.2. The number of hydrogen-bond acceptors (Lipinski definition) is 4. The van der Waals surface area contributed by atoms with Crippen LogP contribution in [0.5, 0.6) is 0 Å². The number of aryl methyl sites for hydroxylation is 1. The van der Waals surface area contributed by atoms with Gasteiger partial charge in [0.05, 0.1) is 18.9 Å². The van der Waals surface area contributed by atoms with Crippen LogP contribution in [0.1, 0.15) is 12.6 Å². The quantitative estimate of drug-likeness (QED) is 0.700. The van der Waals surface area contributed by atoms with Gasteiger partial charge in [-0.2, -0.15) is 0 Å². The summed E-state index contributed by atoms with van der Waals surface area (Å²) in [6.45, 7) is 5.39. The van der Waals surface area contributed by atoms with Crippen molar-refractivity contribution in [1.29, 1.82) is 0 Å². The van der Waals surface area contributed by atoms with Crippen LogP contribution >= 0.6 is 0 Å². The van der Waals surface area contributed by atoms with Crippen molar-refractivity contribution >= 4 is 0 Å². The zero-order valence-electron chi connectivity index (χ0n) is 7.73. The van der Waals surface area contributed by atoms with E-state index in [1.54, 1.807) is 4.68 Å². The van der Waals surface area contributed by atoms with Crippen LogP contribution in [0.2, 0.25) is 0 Å². The summed E-state index contributed by atoms with van der Waals surface area (Å²) < 4.78 is 7.35. The second kappa shape index (κ2) is 3.85. The van der Waals surface area contributed by atoms with E-state index in [9.17, 15) is 0 Å². The van der Waals surface area contributed by atoms with Crippen molar-refractivity contribution in [3.63, 3.8) is 0 Å². The molecule has 1 aliphatic rings. The van der Waals surface area contributed by atoms with Crippen LogP contribution in [0.3, 0.4) is 0 Å². The van der Waals surface area contributed by atoms with Gasteiger partial charge in [0, 0.05) is 19.6 Å². The Bertz CT molecular complexity index is 269. The maximum Gasteiger partial charge on any atom is 0.108 e. The van der Waals surface area contributed by atoms with Crippen LogP contribution in [0, 0.1) is 0 Å². The van der Waals surface area contributed by atoms with Gasteiger partial charge in [-0.3, -0.25) is 4.68 Å². The molecule has 1 aliphatic heterocycles. The second-order valence-corrected chi connectivity index (χ2v) is 3.16. The van der Waals surface area contributed by atoms with Gasteiger partial charge in [0.1, 0.15) is 5.69 Å². The third kappa shape index (κ3) is 2.05. The summed E-state index contributed by atoms with van der Waals surface area (Å²) in [5.41, 5.74) is 0.911. The maximum atomic E-state index is 5.54. The molecule has 0 spiro atoms. The van der Waals surface area contributed by atoms with Gasteiger partial charge < -0.3 is 10.1 Å². The predicted octanol–water partition coefficient (Wildman–Crippen LogP) is -0.214. The largest absolute Gasteiger partial charge is 0.369 e. The Morgan fingerprint density at radius 2 is 2.54 bits per heavy atom. The van der Waals surface area contributed by atoms with Gasteiger partial charge in [0.15, 0.2) is 0 Å². The minimum Gasteiger partial charge on any atom is -0.369 e. The highest BCUT2D eigenvalue weighted by atomic mass is 16.5. The Morgan fingerprint density at radius 1 is 1.69 bits per heavy atom. The molecule has 0 amide bonds. The van der Waals surface area contributed by atoms with Crippen molar-refractivity contribution in [1.82, 2.24) is 20.3 Å². The van der Waals surface area contributed by atoms with E-state index < -0.39 is 0 Å². The number of nitrogens with zero attached hydrogens (tertiary/aromatic N) is 3. The van der Waals surface area contributed by atoms with Gasteiger partial charge in [-0.15, -0.1) is 5.10 Å². The molecular formula is C8H14N4O. The Labute approximate surface area is 77.1 Å². The number of ether oxygens (including phenoxy) is 1. The van der Waals surface area contributed by atoms with Crippen molar-refractivity contribution in [2.45, 2.75) is 26.2 Å². The number of nitrogens with one attached hydrogen (secondary N) is 1. The smallest absolute Gasteiger partial charge is 0.108 e. The molecule has 2 rings (SSSR count). The number of aromatic nitrogens is 3. The summed E-state index contributed by atoms with van der Waals surface area (Å²) >= 11 is 0. The zero-order valence-corrected chi connectivity index (χ0v) is 7.73. The minimum atomic E-state index is 0.367. The van der Waals surface area contributed by atoms with E-state index in [-0.39, 0.29) is 0 Å². The monoisotopic (exact) mass is 182 g/mol. The molecule has 5 heteroatoms. The highest BCUT2D eigenvalue weighted by Crippen LogP contribution is 2.03. The van der Waals surface area contributed by atoms with Crippen molar-refractivity contribution in [2.75, 3.05) is 13.1 Å².